The summed E-state index contributed by atoms with van der Waals surface area (Å²) >= 11 is 0. The van der Waals surface area contributed by atoms with E-state index in [-0.39, 0.29) is 18.4 Å². The molecule has 1 atom stereocenters. The van der Waals surface area contributed by atoms with Crippen molar-refractivity contribution in [2.24, 2.45) is 0 Å². The number of carbonyl (C=O) groups excluding carboxylic acids is 1. The number of carboxylic acids is 1. The third-order valence-electron chi connectivity index (χ3n) is 3.09. The molecule has 1 saturated heterocycles. The van der Waals surface area contributed by atoms with Crippen LogP contribution >= 0.6 is 0 Å². The molecule has 92 valence electrons. The first-order valence-corrected chi connectivity index (χ1v) is 5.69. The van der Waals surface area contributed by atoms with Gasteiger partial charge in [-0.15, -0.1) is 0 Å². The Morgan fingerprint density at radius 1 is 1.44 bits per heavy atom. The smallest absolute Gasteiger partial charge is 0.305 e. The number of hydrogen-bond acceptors (Lipinski definition) is 3. The molecule has 1 N–H and O–H groups in total. The first kappa shape index (κ1) is 13.0. The van der Waals surface area contributed by atoms with Gasteiger partial charge in [0.15, 0.2) is 0 Å². The highest BCUT2D eigenvalue weighted by atomic mass is 16.4. The lowest BCUT2D eigenvalue weighted by Gasteiger charge is -2.33. The van der Waals surface area contributed by atoms with E-state index in [1.165, 1.54) is 4.90 Å². The number of likely N-dealkylation sites (N-methyl/N-ethyl adjacent to an activating group) is 2. The second kappa shape index (κ2) is 5.84. The largest absolute Gasteiger partial charge is 0.481 e. The van der Waals surface area contributed by atoms with Crippen LogP contribution in [0, 0.1) is 0 Å². The molecule has 16 heavy (non-hydrogen) atoms. The van der Waals surface area contributed by atoms with Gasteiger partial charge < -0.3 is 10.0 Å². The fourth-order valence-electron chi connectivity index (χ4n) is 2.02. The Morgan fingerprint density at radius 2 is 2.12 bits per heavy atom. The fourth-order valence-corrected chi connectivity index (χ4v) is 2.02. The van der Waals surface area contributed by atoms with E-state index in [1.54, 1.807) is 7.05 Å². The van der Waals surface area contributed by atoms with Crippen LogP contribution in [0.2, 0.25) is 0 Å². The van der Waals surface area contributed by atoms with Gasteiger partial charge in [0, 0.05) is 13.6 Å². The maximum Gasteiger partial charge on any atom is 0.305 e. The van der Waals surface area contributed by atoms with Crippen molar-refractivity contribution < 1.29 is 14.7 Å². The van der Waals surface area contributed by atoms with Gasteiger partial charge in [0.05, 0.1) is 12.5 Å². The van der Waals surface area contributed by atoms with Crippen molar-refractivity contribution in [3.63, 3.8) is 0 Å². The van der Waals surface area contributed by atoms with Gasteiger partial charge in [-0.1, -0.05) is 6.42 Å². The van der Waals surface area contributed by atoms with Gasteiger partial charge in [0.1, 0.15) is 0 Å². The molecular formula is C11H20N2O3. The molecule has 0 bridgehead atoms. The zero-order valence-electron chi connectivity index (χ0n) is 9.98. The monoisotopic (exact) mass is 228 g/mol. The minimum Gasteiger partial charge on any atom is -0.481 e. The van der Waals surface area contributed by atoms with Gasteiger partial charge >= 0.3 is 5.97 Å². The van der Waals surface area contributed by atoms with Gasteiger partial charge in [-0.25, -0.2) is 0 Å². The van der Waals surface area contributed by atoms with Crippen molar-refractivity contribution in [1.29, 1.82) is 0 Å². The van der Waals surface area contributed by atoms with E-state index >= 15 is 0 Å². The topological polar surface area (TPSA) is 60.9 Å². The third kappa shape index (κ3) is 3.48. The highest BCUT2D eigenvalue weighted by Gasteiger charge is 2.28. The van der Waals surface area contributed by atoms with Gasteiger partial charge in [0.25, 0.3) is 0 Å². The first-order chi connectivity index (χ1) is 7.52. The second-order valence-electron chi connectivity index (χ2n) is 4.40. The number of hydrogen-bond donors (Lipinski definition) is 1. The molecule has 1 rings (SSSR count). The summed E-state index contributed by atoms with van der Waals surface area (Å²) in [5, 5.41) is 8.56. The summed E-state index contributed by atoms with van der Waals surface area (Å²) < 4.78 is 0. The number of rotatable bonds is 4. The van der Waals surface area contributed by atoms with Crippen LogP contribution in [-0.4, -0.2) is 60.0 Å². The molecule has 5 nitrogen and oxygen atoms in total. The Balaban J connectivity index is 2.45. The van der Waals surface area contributed by atoms with Crippen LogP contribution in [0.4, 0.5) is 0 Å². The maximum atomic E-state index is 12.0. The quantitative estimate of drug-likeness (QED) is 0.757. The molecule has 0 aromatic heterocycles. The Labute approximate surface area is 96.0 Å². The Morgan fingerprint density at radius 3 is 2.69 bits per heavy atom. The van der Waals surface area contributed by atoms with Crippen LogP contribution < -0.4 is 0 Å². The van der Waals surface area contributed by atoms with Crippen molar-refractivity contribution in [3.8, 4) is 0 Å². The standard InChI is InChI=1S/C11H20N2O3/c1-12-7-4-3-5-9(12)11(16)13(2)8-6-10(14)15/h9H,3-8H2,1-2H3,(H,14,15). The Bertz CT molecular complexity index is 268. The normalized spacial score (nSPS) is 21.8. The van der Waals surface area contributed by atoms with E-state index in [4.69, 9.17) is 5.11 Å². The lowest BCUT2D eigenvalue weighted by molar-refractivity contribution is -0.139. The second-order valence-corrected chi connectivity index (χ2v) is 4.40. The number of piperidine rings is 1. The van der Waals surface area contributed by atoms with E-state index in [2.05, 4.69) is 4.90 Å². The zero-order valence-corrected chi connectivity index (χ0v) is 9.98. The van der Waals surface area contributed by atoms with E-state index < -0.39 is 5.97 Å². The van der Waals surface area contributed by atoms with Crippen molar-refractivity contribution in [2.45, 2.75) is 31.7 Å². The molecule has 0 aromatic carbocycles. The summed E-state index contributed by atoms with van der Waals surface area (Å²) in [5.74, 6) is -0.819. The molecular weight excluding hydrogens is 208 g/mol. The van der Waals surface area contributed by atoms with Crippen LogP contribution in [0.25, 0.3) is 0 Å². The van der Waals surface area contributed by atoms with Crippen LogP contribution in [0.3, 0.4) is 0 Å². The summed E-state index contributed by atoms with van der Waals surface area (Å²) in [7, 11) is 3.63. The number of aliphatic carboxylic acids is 1. The molecule has 0 saturated carbocycles. The zero-order chi connectivity index (χ0) is 12.1. The summed E-state index contributed by atoms with van der Waals surface area (Å²) in [6.07, 6.45) is 3.11. The van der Waals surface area contributed by atoms with E-state index in [0.717, 1.165) is 25.8 Å². The number of nitrogens with zero attached hydrogens (tertiary/aromatic N) is 2. The van der Waals surface area contributed by atoms with Crippen molar-refractivity contribution >= 4 is 11.9 Å². The molecule has 1 fully saturated rings. The molecule has 0 radical (unpaired) electrons. The maximum absolute atomic E-state index is 12.0. The Hall–Kier alpha value is -1.10. The number of likely N-dealkylation sites (tertiary alicyclic amines) is 1. The first-order valence-electron chi connectivity index (χ1n) is 5.69. The minimum absolute atomic E-state index is 0.0126. The average Bonchev–Trinajstić information content (AvgIpc) is 2.25. The van der Waals surface area contributed by atoms with Crippen LogP contribution in [-0.2, 0) is 9.59 Å². The molecule has 0 spiro atoms. The van der Waals surface area contributed by atoms with Gasteiger partial charge in [-0.3, -0.25) is 14.5 Å². The summed E-state index contributed by atoms with van der Waals surface area (Å²) in [4.78, 5) is 26.0. The van der Waals surface area contributed by atoms with Crippen molar-refractivity contribution in [3.05, 3.63) is 0 Å². The van der Waals surface area contributed by atoms with Crippen LogP contribution in [0.5, 0.6) is 0 Å². The SMILES string of the molecule is CN(CCC(=O)O)C(=O)C1CCCCN1C. The molecule has 5 heteroatoms. The molecule has 0 aromatic rings. The molecule has 1 heterocycles. The number of carbonyl (C=O) groups is 2. The number of carboxylic acid groups (broad SMARTS) is 1. The summed E-state index contributed by atoms with van der Waals surface area (Å²) in [6, 6.07) is -0.0625. The predicted molar refractivity (Wildman–Crippen MR) is 60.2 cm³/mol. The van der Waals surface area contributed by atoms with Crippen molar-refractivity contribution in [2.75, 3.05) is 27.2 Å². The number of amides is 1. The minimum atomic E-state index is -0.864. The lowest BCUT2D eigenvalue weighted by atomic mass is 10.0. The van der Waals surface area contributed by atoms with E-state index in [1.807, 2.05) is 7.05 Å². The van der Waals surface area contributed by atoms with E-state index in [0.29, 0.717) is 6.54 Å². The third-order valence-corrected chi connectivity index (χ3v) is 3.09. The molecule has 1 unspecified atom stereocenters. The van der Waals surface area contributed by atoms with Crippen molar-refractivity contribution in [1.82, 2.24) is 9.80 Å². The predicted octanol–water partition coefficient (Wildman–Crippen LogP) is 0.404. The van der Waals surface area contributed by atoms with E-state index in [9.17, 15) is 9.59 Å². The Kier molecular flexibility index (Phi) is 4.73. The van der Waals surface area contributed by atoms with Gasteiger partial charge in [0.2, 0.25) is 5.91 Å². The fraction of sp³-hybridized carbons (Fsp3) is 0.818. The van der Waals surface area contributed by atoms with Crippen LogP contribution in [0.1, 0.15) is 25.7 Å². The average molecular weight is 228 g/mol. The molecule has 1 amide bonds. The molecule has 1 aliphatic heterocycles. The molecule has 1 aliphatic rings. The van der Waals surface area contributed by atoms with Gasteiger partial charge in [-0.05, 0) is 26.4 Å². The molecule has 0 aliphatic carbocycles. The van der Waals surface area contributed by atoms with Gasteiger partial charge in [-0.2, -0.15) is 0 Å². The lowest BCUT2D eigenvalue weighted by Crippen LogP contribution is -2.48. The summed E-state index contributed by atoms with van der Waals surface area (Å²) in [6.45, 7) is 1.24. The van der Waals surface area contributed by atoms with Crippen LogP contribution in [0.15, 0.2) is 0 Å². The highest BCUT2D eigenvalue weighted by molar-refractivity contribution is 5.82. The summed E-state index contributed by atoms with van der Waals surface area (Å²) in [5.41, 5.74) is 0. The highest BCUT2D eigenvalue weighted by Crippen LogP contribution is 2.16.